The lowest BCUT2D eigenvalue weighted by Gasteiger charge is -2.16. The standard InChI is InChI=1S/C12H21N3O2/c1-4-9-5-6-11(14-9)12(17)13-7-10(16)8-15(2)3/h5-6,10,14,16H,4,7-8H2,1-3H3,(H,13,17). The molecule has 17 heavy (non-hydrogen) atoms. The van der Waals surface area contributed by atoms with E-state index in [4.69, 9.17) is 0 Å². The number of aromatic amines is 1. The van der Waals surface area contributed by atoms with Gasteiger partial charge in [0.25, 0.3) is 5.91 Å². The van der Waals surface area contributed by atoms with Crippen molar-refractivity contribution in [3.05, 3.63) is 23.5 Å². The fourth-order valence-electron chi connectivity index (χ4n) is 1.57. The molecule has 1 aromatic heterocycles. The lowest BCUT2D eigenvalue weighted by atomic mass is 10.3. The summed E-state index contributed by atoms with van der Waals surface area (Å²) < 4.78 is 0. The number of hydrogen-bond donors (Lipinski definition) is 3. The maximum Gasteiger partial charge on any atom is 0.267 e. The predicted octanol–water partition coefficient (Wildman–Crippen LogP) is 0.229. The number of aliphatic hydroxyl groups excluding tert-OH is 1. The van der Waals surface area contributed by atoms with Gasteiger partial charge in [-0.05, 0) is 32.6 Å². The van der Waals surface area contributed by atoms with Gasteiger partial charge in [0.15, 0.2) is 0 Å². The van der Waals surface area contributed by atoms with E-state index in [-0.39, 0.29) is 12.5 Å². The molecular formula is C12H21N3O2. The number of aryl methyl sites for hydroxylation is 1. The Morgan fingerprint density at radius 1 is 1.53 bits per heavy atom. The summed E-state index contributed by atoms with van der Waals surface area (Å²) in [5.41, 5.74) is 1.57. The van der Waals surface area contributed by atoms with Crippen LogP contribution in [-0.2, 0) is 6.42 Å². The molecule has 0 aliphatic heterocycles. The van der Waals surface area contributed by atoms with Gasteiger partial charge in [-0.15, -0.1) is 0 Å². The van der Waals surface area contributed by atoms with Gasteiger partial charge in [0.1, 0.15) is 5.69 Å². The molecule has 1 amide bonds. The summed E-state index contributed by atoms with van der Waals surface area (Å²) in [4.78, 5) is 16.6. The van der Waals surface area contributed by atoms with Crippen LogP contribution in [0.5, 0.6) is 0 Å². The monoisotopic (exact) mass is 239 g/mol. The maximum absolute atomic E-state index is 11.7. The first-order chi connectivity index (χ1) is 8.02. The molecule has 0 saturated heterocycles. The number of nitrogens with one attached hydrogen (secondary N) is 2. The van der Waals surface area contributed by atoms with Crippen molar-refractivity contribution < 1.29 is 9.90 Å². The van der Waals surface area contributed by atoms with E-state index >= 15 is 0 Å². The van der Waals surface area contributed by atoms with Crippen LogP contribution < -0.4 is 5.32 Å². The molecule has 1 aromatic rings. The van der Waals surface area contributed by atoms with Crippen LogP contribution in [0.3, 0.4) is 0 Å². The number of likely N-dealkylation sites (N-methyl/N-ethyl adjacent to an activating group) is 1. The Bertz CT molecular complexity index is 360. The highest BCUT2D eigenvalue weighted by molar-refractivity contribution is 5.92. The van der Waals surface area contributed by atoms with E-state index in [1.807, 2.05) is 32.0 Å². The highest BCUT2D eigenvalue weighted by Gasteiger charge is 2.10. The predicted molar refractivity (Wildman–Crippen MR) is 67.1 cm³/mol. The number of aromatic nitrogens is 1. The highest BCUT2D eigenvalue weighted by atomic mass is 16.3. The van der Waals surface area contributed by atoms with Crippen LogP contribution in [0.1, 0.15) is 23.1 Å². The first-order valence-corrected chi connectivity index (χ1v) is 5.81. The molecule has 0 spiro atoms. The van der Waals surface area contributed by atoms with Crippen LogP contribution in [0.2, 0.25) is 0 Å². The third kappa shape index (κ3) is 4.58. The minimum atomic E-state index is -0.547. The Labute approximate surface area is 102 Å². The van der Waals surface area contributed by atoms with Gasteiger partial charge < -0.3 is 20.3 Å². The van der Waals surface area contributed by atoms with Crippen molar-refractivity contribution in [2.24, 2.45) is 0 Å². The molecule has 5 heteroatoms. The second kappa shape index (κ2) is 6.42. The van der Waals surface area contributed by atoms with E-state index in [1.54, 1.807) is 6.07 Å². The number of aliphatic hydroxyl groups is 1. The molecule has 0 bridgehead atoms. The maximum atomic E-state index is 11.7. The Morgan fingerprint density at radius 3 is 2.76 bits per heavy atom. The van der Waals surface area contributed by atoms with Gasteiger partial charge in [-0.25, -0.2) is 0 Å². The zero-order valence-electron chi connectivity index (χ0n) is 10.7. The van der Waals surface area contributed by atoms with E-state index in [2.05, 4.69) is 10.3 Å². The molecule has 1 atom stereocenters. The van der Waals surface area contributed by atoms with Crippen LogP contribution in [0.15, 0.2) is 12.1 Å². The van der Waals surface area contributed by atoms with Gasteiger partial charge in [-0.2, -0.15) is 0 Å². The Kier molecular flexibility index (Phi) is 5.18. The topological polar surface area (TPSA) is 68.4 Å². The summed E-state index contributed by atoms with van der Waals surface area (Å²) in [5, 5.41) is 12.3. The lowest BCUT2D eigenvalue weighted by molar-refractivity contribution is 0.0888. The zero-order valence-corrected chi connectivity index (χ0v) is 10.7. The van der Waals surface area contributed by atoms with E-state index in [1.165, 1.54) is 0 Å². The number of rotatable bonds is 6. The number of hydrogen-bond acceptors (Lipinski definition) is 3. The first-order valence-electron chi connectivity index (χ1n) is 5.81. The molecule has 0 radical (unpaired) electrons. The van der Waals surface area contributed by atoms with Gasteiger partial charge in [-0.3, -0.25) is 4.79 Å². The summed E-state index contributed by atoms with van der Waals surface area (Å²) in [6.45, 7) is 2.82. The van der Waals surface area contributed by atoms with E-state index < -0.39 is 6.10 Å². The average molecular weight is 239 g/mol. The van der Waals surface area contributed by atoms with Gasteiger partial charge in [-0.1, -0.05) is 6.92 Å². The van der Waals surface area contributed by atoms with Gasteiger partial charge >= 0.3 is 0 Å². The molecule has 0 fully saturated rings. The van der Waals surface area contributed by atoms with Crippen molar-refractivity contribution >= 4 is 5.91 Å². The second-order valence-electron chi connectivity index (χ2n) is 4.38. The molecule has 0 aliphatic carbocycles. The Balaban J connectivity index is 2.39. The molecule has 1 heterocycles. The SMILES string of the molecule is CCc1ccc(C(=O)NCC(O)CN(C)C)[nH]1. The lowest BCUT2D eigenvalue weighted by Crippen LogP contribution is -2.37. The molecule has 1 rings (SSSR count). The summed E-state index contributed by atoms with van der Waals surface area (Å²) in [5.74, 6) is -0.178. The van der Waals surface area contributed by atoms with Crippen LogP contribution in [0.4, 0.5) is 0 Å². The number of H-pyrrole nitrogens is 1. The van der Waals surface area contributed by atoms with Gasteiger partial charge in [0, 0.05) is 18.8 Å². The third-order valence-corrected chi connectivity index (χ3v) is 2.45. The second-order valence-corrected chi connectivity index (χ2v) is 4.38. The molecule has 0 aromatic carbocycles. The quantitative estimate of drug-likeness (QED) is 0.665. The molecular weight excluding hydrogens is 218 g/mol. The normalized spacial score (nSPS) is 12.8. The van der Waals surface area contributed by atoms with Crippen LogP contribution in [0, 0.1) is 0 Å². The molecule has 3 N–H and O–H groups in total. The number of carbonyl (C=O) groups excluding carboxylic acids is 1. The first kappa shape index (κ1) is 13.7. The third-order valence-electron chi connectivity index (χ3n) is 2.45. The smallest absolute Gasteiger partial charge is 0.267 e. The van der Waals surface area contributed by atoms with Crippen LogP contribution >= 0.6 is 0 Å². The fourth-order valence-corrected chi connectivity index (χ4v) is 1.57. The Hall–Kier alpha value is -1.33. The summed E-state index contributed by atoms with van der Waals surface area (Å²) >= 11 is 0. The summed E-state index contributed by atoms with van der Waals surface area (Å²) in [6.07, 6.45) is 0.325. The van der Waals surface area contributed by atoms with Gasteiger partial charge in [0.2, 0.25) is 0 Å². The Morgan fingerprint density at radius 2 is 2.24 bits per heavy atom. The molecule has 1 unspecified atom stereocenters. The average Bonchev–Trinajstić information content (AvgIpc) is 2.73. The minimum Gasteiger partial charge on any atom is -0.390 e. The zero-order chi connectivity index (χ0) is 12.8. The summed E-state index contributed by atoms with van der Waals surface area (Å²) in [7, 11) is 3.76. The fraction of sp³-hybridized carbons (Fsp3) is 0.583. The van der Waals surface area contributed by atoms with Crippen molar-refractivity contribution in [2.75, 3.05) is 27.2 Å². The van der Waals surface area contributed by atoms with Crippen molar-refractivity contribution in [2.45, 2.75) is 19.4 Å². The van der Waals surface area contributed by atoms with Crippen LogP contribution in [-0.4, -0.2) is 54.2 Å². The van der Waals surface area contributed by atoms with E-state index in [9.17, 15) is 9.90 Å². The van der Waals surface area contributed by atoms with Gasteiger partial charge in [0.05, 0.1) is 6.10 Å². The number of nitrogens with zero attached hydrogens (tertiary/aromatic N) is 1. The minimum absolute atomic E-state index is 0.178. The van der Waals surface area contributed by atoms with Crippen molar-refractivity contribution in [1.29, 1.82) is 0 Å². The molecule has 0 saturated carbocycles. The molecule has 0 aliphatic rings. The van der Waals surface area contributed by atoms with Crippen LogP contribution in [0.25, 0.3) is 0 Å². The summed E-state index contributed by atoms with van der Waals surface area (Å²) in [6, 6.07) is 3.65. The van der Waals surface area contributed by atoms with Crippen molar-refractivity contribution in [3.8, 4) is 0 Å². The molecule has 96 valence electrons. The van der Waals surface area contributed by atoms with E-state index in [0.29, 0.717) is 12.2 Å². The van der Waals surface area contributed by atoms with Crippen molar-refractivity contribution in [1.82, 2.24) is 15.2 Å². The van der Waals surface area contributed by atoms with Crippen molar-refractivity contribution in [3.63, 3.8) is 0 Å². The van der Waals surface area contributed by atoms with E-state index in [0.717, 1.165) is 12.1 Å². The number of carbonyl (C=O) groups is 1. The molecule has 5 nitrogen and oxygen atoms in total. The number of amides is 1. The highest BCUT2D eigenvalue weighted by Crippen LogP contribution is 2.02. The largest absolute Gasteiger partial charge is 0.390 e.